The predicted octanol–water partition coefficient (Wildman–Crippen LogP) is 0.0161. The molecule has 3 amide bonds. The van der Waals surface area contributed by atoms with Crippen LogP contribution in [0, 0.1) is 0 Å². The van der Waals surface area contributed by atoms with E-state index in [1.807, 2.05) is 18.3 Å². The number of nitrogens with zero attached hydrogens (tertiary/aromatic N) is 2. The van der Waals surface area contributed by atoms with Crippen LogP contribution in [0.4, 0.5) is 4.79 Å². The summed E-state index contributed by atoms with van der Waals surface area (Å²) in [4.78, 5) is 29.9. The van der Waals surface area contributed by atoms with Gasteiger partial charge in [0.2, 0.25) is 5.91 Å². The molecule has 1 aromatic heterocycles. The minimum atomic E-state index is -0.388. The van der Waals surface area contributed by atoms with Crippen LogP contribution in [0.5, 0.6) is 0 Å². The van der Waals surface area contributed by atoms with Gasteiger partial charge in [0.25, 0.3) is 0 Å². The van der Waals surface area contributed by atoms with E-state index in [4.69, 9.17) is 0 Å². The fourth-order valence-corrected chi connectivity index (χ4v) is 2.64. The van der Waals surface area contributed by atoms with Crippen LogP contribution in [0.1, 0.15) is 24.4 Å². The van der Waals surface area contributed by atoms with Crippen LogP contribution in [0.25, 0.3) is 0 Å². The summed E-state index contributed by atoms with van der Waals surface area (Å²) >= 11 is 0. The van der Waals surface area contributed by atoms with Crippen LogP contribution in [-0.4, -0.2) is 54.0 Å². The largest absolute Gasteiger partial charge is 0.335 e. The van der Waals surface area contributed by atoms with Gasteiger partial charge in [-0.25, -0.2) is 4.79 Å². The number of aromatic nitrogens is 1. The molecule has 0 radical (unpaired) electrons. The van der Waals surface area contributed by atoms with Crippen LogP contribution in [0.2, 0.25) is 0 Å². The summed E-state index contributed by atoms with van der Waals surface area (Å²) in [6.45, 7) is 2.57. The van der Waals surface area contributed by atoms with Gasteiger partial charge in [0.05, 0.1) is 6.54 Å². The third-order valence-corrected chi connectivity index (χ3v) is 3.94. The molecule has 0 bridgehead atoms. The van der Waals surface area contributed by atoms with Gasteiger partial charge in [-0.1, -0.05) is 6.07 Å². The Balaban J connectivity index is 1.56. The van der Waals surface area contributed by atoms with E-state index in [-0.39, 0.29) is 30.6 Å². The number of imide groups is 1. The first kappa shape index (κ1) is 14.9. The molecule has 1 saturated heterocycles. The van der Waals surface area contributed by atoms with Crippen molar-refractivity contribution in [3.05, 3.63) is 30.1 Å². The average molecular weight is 303 g/mol. The lowest BCUT2D eigenvalue weighted by atomic mass is 10.1. The zero-order valence-corrected chi connectivity index (χ0v) is 12.4. The SMILES string of the molecule is O=C(CN1CCNCC1c1cccnc1)NC(=O)NC1CC1. The van der Waals surface area contributed by atoms with Crippen LogP contribution >= 0.6 is 0 Å². The van der Waals surface area contributed by atoms with E-state index < -0.39 is 0 Å². The molecule has 2 fully saturated rings. The lowest BCUT2D eigenvalue weighted by Gasteiger charge is -2.35. The molecular formula is C15H21N5O2. The number of hydrogen-bond acceptors (Lipinski definition) is 5. The molecule has 118 valence electrons. The quantitative estimate of drug-likeness (QED) is 0.730. The van der Waals surface area contributed by atoms with Gasteiger partial charge in [0, 0.05) is 44.1 Å². The van der Waals surface area contributed by atoms with Crippen molar-refractivity contribution in [2.45, 2.75) is 24.9 Å². The van der Waals surface area contributed by atoms with Gasteiger partial charge in [0.1, 0.15) is 0 Å². The van der Waals surface area contributed by atoms with Gasteiger partial charge < -0.3 is 10.6 Å². The molecule has 1 saturated carbocycles. The van der Waals surface area contributed by atoms with Crippen molar-refractivity contribution >= 4 is 11.9 Å². The highest BCUT2D eigenvalue weighted by molar-refractivity contribution is 5.95. The van der Waals surface area contributed by atoms with Gasteiger partial charge >= 0.3 is 6.03 Å². The van der Waals surface area contributed by atoms with Crippen LogP contribution in [0.3, 0.4) is 0 Å². The summed E-state index contributed by atoms with van der Waals surface area (Å²) in [5.74, 6) is -0.269. The highest BCUT2D eigenvalue weighted by atomic mass is 16.2. The second-order valence-corrected chi connectivity index (χ2v) is 5.77. The number of amides is 3. The molecule has 3 rings (SSSR count). The Kier molecular flexibility index (Phi) is 4.65. The van der Waals surface area contributed by atoms with Gasteiger partial charge in [0.15, 0.2) is 0 Å². The summed E-state index contributed by atoms with van der Waals surface area (Å²) in [7, 11) is 0. The molecule has 22 heavy (non-hydrogen) atoms. The average Bonchev–Trinajstić information content (AvgIpc) is 3.32. The smallest absolute Gasteiger partial charge is 0.321 e. The standard InChI is InChI=1S/C15H21N5O2/c21-14(19-15(22)18-12-3-4-12)10-20-7-6-17-9-13(20)11-2-1-5-16-8-11/h1-2,5,8,12-13,17H,3-4,6-7,9-10H2,(H2,18,19,21,22). The monoisotopic (exact) mass is 303 g/mol. The first-order valence-electron chi connectivity index (χ1n) is 7.67. The highest BCUT2D eigenvalue weighted by Crippen LogP contribution is 2.21. The van der Waals surface area contributed by atoms with E-state index in [2.05, 4.69) is 25.8 Å². The maximum Gasteiger partial charge on any atom is 0.321 e. The zero-order valence-electron chi connectivity index (χ0n) is 12.4. The minimum absolute atomic E-state index is 0.0969. The predicted molar refractivity (Wildman–Crippen MR) is 81.1 cm³/mol. The fourth-order valence-electron chi connectivity index (χ4n) is 2.64. The number of piperazine rings is 1. The molecule has 2 aliphatic rings. The normalized spacial score (nSPS) is 22.1. The number of pyridine rings is 1. The Morgan fingerprint density at radius 2 is 2.27 bits per heavy atom. The lowest BCUT2D eigenvalue weighted by Crippen LogP contribution is -2.51. The third kappa shape index (κ3) is 4.02. The number of nitrogens with one attached hydrogen (secondary N) is 3. The van der Waals surface area contributed by atoms with Gasteiger partial charge in [-0.3, -0.25) is 20.0 Å². The fraction of sp³-hybridized carbons (Fsp3) is 0.533. The van der Waals surface area contributed by atoms with E-state index in [1.165, 1.54) is 0 Å². The summed E-state index contributed by atoms with van der Waals surface area (Å²) in [5.41, 5.74) is 1.07. The molecule has 0 aromatic carbocycles. The summed E-state index contributed by atoms with van der Waals surface area (Å²) in [6.07, 6.45) is 5.56. The molecule has 1 aliphatic heterocycles. The summed E-state index contributed by atoms with van der Waals surface area (Å²) in [5, 5.41) is 8.49. The van der Waals surface area contributed by atoms with E-state index in [1.54, 1.807) is 6.20 Å². The molecule has 7 heteroatoms. The van der Waals surface area contributed by atoms with Crippen molar-refractivity contribution < 1.29 is 9.59 Å². The molecule has 0 spiro atoms. The Bertz CT molecular complexity index is 532. The van der Waals surface area contributed by atoms with Crippen molar-refractivity contribution in [3.8, 4) is 0 Å². The molecular weight excluding hydrogens is 282 g/mol. The van der Waals surface area contributed by atoms with Crippen molar-refractivity contribution in [1.82, 2.24) is 25.8 Å². The second-order valence-electron chi connectivity index (χ2n) is 5.77. The Hall–Kier alpha value is -1.99. The van der Waals surface area contributed by atoms with Crippen molar-refractivity contribution in [3.63, 3.8) is 0 Å². The molecule has 1 aromatic rings. The van der Waals surface area contributed by atoms with Crippen molar-refractivity contribution in [2.75, 3.05) is 26.2 Å². The highest BCUT2D eigenvalue weighted by Gasteiger charge is 2.27. The van der Waals surface area contributed by atoms with Crippen molar-refractivity contribution in [1.29, 1.82) is 0 Å². The minimum Gasteiger partial charge on any atom is -0.335 e. The number of carbonyl (C=O) groups excluding carboxylic acids is 2. The van der Waals surface area contributed by atoms with E-state index >= 15 is 0 Å². The second kappa shape index (κ2) is 6.85. The Labute approximate surface area is 129 Å². The number of carbonyl (C=O) groups is 2. The summed E-state index contributed by atoms with van der Waals surface area (Å²) in [6, 6.07) is 3.86. The van der Waals surface area contributed by atoms with E-state index in [0.717, 1.165) is 38.0 Å². The van der Waals surface area contributed by atoms with Crippen LogP contribution < -0.4 is 16.0 Å². The Morgan fingerprint density at radius 3 is 3.00 bits per heavy atom. The maximum atomic E-state index is 12.1. The van der Waals surface area contributed by atoms with E-state index in [0.29, 0.717) is 0 Å². The number of urea groups is 1. The van der Waals surface area contributed by atoms with Crippen LogP contribution in [0.15, 0.2) is 24.5 Å². The Morgan fingerprint density at radius 1 is 1.41 bits per heavy atom. The third-order valence-electron chi connectivity index (χ3n) is 3.94. The van der Waals surface area contributed by atoms with Crippen LogP contribution in [-0.2, 0) is 4.79 Å². The lowest BCUT2D eigenvalue weighted by molar-refractivity contribution is -0.122. The maximum absolute atomic E-state index is 12.1. The molecule has 7 nitrogen and oxygen atoms in total. The van der Waals surface area contributed by atoms with Crippen molar-refractivity contribution in [2.24, 2.45) is 0 Å². The van der Waals surface area contributed by atoms with E-state index in [9.17, 15) is 9.59 Å². The molecule has 1 atom stereocenters. The molecule has 3 N–H and O–H groups in total. The van der Waals surface area contributed by atoms with Gasteiger partial charge in [-0.2, -0.15) is 0 Å². The van der Waals surface area contributed by atoms with Gasteiger partial charge in [-0.15, -0.1) is 0 Å². The number of hydrogen-bond donors (Lipinski definition) is 3. The topological polar surface area (TPSA) is 86.4 Å². The molecule has 1 aliphatic carbocycles. The summed E-state index contributed by atoms with van der Waals surface area (Å²) < 4.78 is 0. The van der Waals surface area contributed by atoms with Gasteiger partial charge in [-0.05, 0) is 24.5 Å². The first-order valence-corrected chi connectivity index (χ1v) is 7.67. The first-order chi connectivity index (χ1) is 10.7. The number of rotatable bonds is 4. The zero-order chi connectivity index (χ0) is 15.4. The molecule has 1 unspecified atom stereocenters. The molecule has 2 heterocycles.